The first kappa shape index (κ1) is 24.7. The fraction of sp³-hybridized carbons (Fsp3) is 0.615. The lowest BCUT2D eigenvalue weighted by molar-refractivity contribution is -0.132. The molecule has 0 aliphatic carbocycles. The molecule has 1 aromatic carbocycles. The maximum Gasteiger partial charge on any atom is 0.255 e. The predicted molar refractivity (Wildman–Crippen MR) is 134 cm³/mol. The number of likely N-dealkylation sites (tertiary alicyclic amines) is 2. The number of unbranched alkanes of at least 4 members (excludes halogenated alkanes) is 1. The smallest absolute Gasteiger partial charge is 0.255 e. The molecule has 3 N–H and O–H groups in total. The summed E-state index contributed by atoms with van der Waals surface area (Å²) in [5.74, 6) is 3.90. The zero-order valence-corrected chi connectivity index (χ0v) is 20.5. The van der Waals surface area contributed by atoms with Crippen LogP contribution in [0.15, 0.2) is 6.07 Å². The van der Waals surface area contributed by atoms with Crippen LogP contribution in [0.4, 0.5) is 5.69 Å². The van der Waals surface area contributed by atoms with Gasteiger partial charge in [-0.25, -0.2) is 0 Å². The number of terminal acetylenes is 1. The summed E-state index contributed by atoms with van der Waals surface area (Å²) in [5, 5.41) is 3.58. The second kappa shape index (κ2) is 11.3. The maximum absolute atomic E-state index is 13.0. The summed E-state index contributed by atoms with van der Waals surface area (Å²) in [4.78, 5) is 29.7. The van der Waals surface area contributed by atoms with Crippen molar-refractivity contribution in [3.63, 3.8) is 0 Å². The van der Waals surface area contributed by atoms with Crippen molar-refractivity contribution in [1.82, 2.24) is 15.1 Å². The Morgan fingerprint density at radius 1 is 1.21 bits per heavy atom. The number of hydrogen-bond donors (Lipinski definition) is 2. The Morgan fingerprint density at radius 2 is 1.94 bits per heavy atom. The minimum absolute atomic E-state index is 0.139. The highest BCUT2D eigenvalue weighted by atomic mass is 35.5. The van der Waals surface area contributed by atoms with Gasteiger partial charge in [0.15, 0.2) is 0 Å². The van der Waals surface area contributed by atoms with Crippen molar-refractivity contribution >= 4 is 29.1 Å². The molecular formula is C26H35ClN4O3. The van der Waals surface area contributed by atoms with E-state index < -0.39 is 0 Å². The largest absolute Gasteiger partial charge is 0.492 e. The average molecular weight is 487 g/mol. The van der Waals surface area contributed by atoms with E-state index in [1.165, 1.54) is 0 Å². The van der Waals surface area contributed by atoms with Gasteiger partial charge in [-0.2, -0.15) is 0 Å². The molecule has 0 unspecified atom stereocenters. The summed E-state index contributed by atoms with van der Waals surface area (Å²) in [7, 11) is 0. The van der Waals surface area contributed by atoms with Crippen LogP contribution in [0.5, 0.6) is 5.75 Å². The number of carbonyl (C=O) groups is 2. The molecule has 34 heavy (non-hydrogen) atoms. The van der Waals surface area contributed by atoms with Crippen LogP contribution in [-0.2, 0) is 11.2 Å². The lowest BCUT2D eigenvalue weighted by Gasteiger charge is -2.38. The van der Waals surface area contributed by atoms with E-state index in [2.05, 4.69) is 16.1 Å². The van der Waals surface area contributed by atoms with Crippen LogP contribution in [0.25, 0.3) is 0 Å². The summed E-state index contributed by atoms with van der Waals surface area (Å²) in [6.07, 6.45) is 11.9. The third kappa shape index (κ3) is 5.79. The number of hydrogen-bond acceptors (Lipinski definition) is 5. The van der Waals surface area contributed by atoms with E-state index in [1.54, 1.807) is 6.07 Å². The molecule has 0 spiro atoms. The molecule has 4 rings (SSSR count). The van der Waals surface area contributed by atoms with Gasteiger partial charge in [-0.05, 0) is 44.1 Å². The molecule has 2 amide bonds. The molecule has 0 saturated carbocycles. The van der Waals surface area contributed by atoms with E-state index in [-0.39, 0.29) is 17.9 Å². The number of ether oxygens (including phenoxy) is 1. The monoisotopic (exact) mass is 486 g/mol. The molecule has 2 fully saturated rings. The predicted octanol–water partition coefficient (Wildman–Crippen LogP) is 3.09. The first-order valence-corrected chi connectivity index (χ1v) is 12.8. The molecule has 3 heterocycles. The molecule has 184 valence electrons. The van der Waals surface area contributed by atoms with Gasteiger partial charge in [0.1, 0.15) is 5.75 Å². The number of benzene rings is 1. The van der Waals surface area contributed by atoms with Gasteiger partial charge >= 0.3 is 0 Å². The van der Waals surface area contributed by atoms with E-state index in [4.69, 9.17) is 28.5 Å². The van der Waals surface area contributed by atoms with Crippen molar-refractivity contribution < 1.29 is 14.3 Å². The molecule has 3 aliphatic rings. The SMILES string of the molecule is C#CCCCC(=O)N1CCC(CN2CCC(NC(=O)c3cc(Cl)c(N)c4c3OCC4)CC2)CC1. The topological polar surface area (TPSA) is 87.9 Å². The minimum Gasteiger partial charge on any atom is -0.492 e. The van der Waals surface area contributed by atoms with E-state index in [0.29, 0.717) is 53.8 Å². The van der Waals surface area contributed by atoms with E-state index in [0.717, 1.165) is 70.4 Å². The second-order valence-electron chi connectivity index (χ2n) is 9.66. The summed E-state index contributed by atoms with van der Waals surface area (Å²) >= 11 is 6.25. The van der Waals surface area contributed by atoms with Gasteiger partial charge in [0, 0.05) is 63.6 Å². The minimum atomic E-state index is -0.141. The molecule has 0 bridgehead atoms. The number of nitrogen functional groups attached to an aromatic ring is 1. The molecule has 8 heteroatoms. The quantitative estimate of drug-likeness (QED) is 0.351. The molecular weight excluding hydrogens is 452 g/mol. The number of piperidine rings is 2. The number of nitrogens with one attached hydrogen (secondary N) is 1. The lowest BCUT2D eigenvalue weighted by atomic mass is 9.94. The summed E-state index contributed by atoms with van der Waals surface area (Å²) in [6, 6.07) is 1.76. The van der Waals surface area contributed by atoms with Crippen LogP contribution in [0, 0.1) is 18.3 Å². The van der Waals surface area contributed by atoms with Crippen molar-refractivity contribution in [2.24, 2.45) is 5.92 Å². The Hall–Kier alpha value is -2.43. The number of amides is 2. The van der Waals surface area contributed by atoms with Crippen LogP contribution in [-0.4, -0.2) is 67.0 Å². The normalized spacial score (nSPS) is 19.4. The van der Waals surface area contributed by atoms with E-state index in [1.807, 2.05) is 4.90 Å². The van der Waals surface area contributed by atoms with Gasteiger partial charge in [-0.1, -0.05) is 11.6 Å². The number of fused-ring (bicyclic) bond motifs is 1. The maximum atomic E-state index is 13.0. The van der Waals surface area contributed by atoms with E-state index in [9.17, 15) is 9.59 Å². The van der Waals surface area contributed by atoms with Crippen LogP contribution in [0.3, 0.4) is 0 Å². The third-order valence-electron chi connectivity index (χ3n) is 7.33. The Kier molecular flexibility index (Phi) is 8.23. The van der Waals surface area contributed by atoms with Crippen LogP contribution < -0.4 is 15.8 Å². The number of halogens is 1. The average Bonchev–Trinajstić information content (AvgIpc) is 3.33. The Morgan fingerprint density at radius 3 is 2.65 bits per heavy atom. The molecule has 1 aromatic rings. The third-order valence-corrected chi connectivity index (χ3v) is 7.65. The van der Waals surface area contributed by atoms with Gasteiger partial charge in [0.2, 0.25) is 5.91 Å². The van der Waals surface area contributed by atoms with Crippen molar-refractivity contribution in [1.29, 1.82) is 0 Å². The number of rotatable bonds is 7. The molecule has 0 radical (unpaired) electrons. The summed E-state index contributed by atoms with van der Waals surface area (Å²) < 4.78 is 5.68. The Bertz CT molecular complexity index is 944. The first-order valence-electron chi connectivity index (χ1n) is 12.4. The highest BCUT2D eigenvalue weighted by molar-refractivity contribution is 6.33. The van der Waals surface area contributed by atoms with Crippen molar-refractivity contribution in [3.05, 3.63) is 22.2 Å². The van der Waals surface area contributed by atoms with Gasteiger partial charge in [-0.15, -0.1) is 12.3 Å². The lowest BCUT2D eigenvalue weighted by Crippen LogP contribution is -2.47. The van der Waals surface area contributed by atoms with Crippen molar-refractivity contribution in [2.45, 2.75) is 57.4 Å². The van der Waals surface area contributed by atoms with Gasteiger partial charge in [-0.3, -0.25) is 9.59 Å². The highest BCUT2D eigenvalue weighted by Gasteiger charge is 2.29. The molecule has 3 aliphatic heterocycles. The van der Waals surface area contributed by atoms with Crippen molar-refractivity contribution in [2.75, 3.05) is 45.1 Å². The molecule has 0 aromatic heterocycles. The van der Waals surface area contributed by atoms with Gasteiger partial charge < -0.3 is 25.6 Å². The number of nitrogens with two attached hydrogens (primary N) is 1. The zero-order chi connectivity index (χ0) is 24.1. The van der Waals surface area contributed by atoms with E-state index >= 15 is 0 Å². The summed E-state index contributed by atoms with van der Waals surface area (Å²) in [5.41, 5.74) is 7.89. The van der Waals surface area contributed by atoms with Crippen LogP contribution >= 0.6 is 11.6 Å². The fourth-order valence-electron chi connectivity index (χ4n) is 5.29. The van der Waals surface area contributed by atoms with Crippen LogP contribution in [0.1, 0.15) is 60.9 Å². The number of nitrogens with zero attached hydrogens (tertiary/aromatic N) is 2. The molecule has 0 atom stereocenters. The molecule has 2 saturated heterocycles. The highest BCUT2D eigenvalue weighted by Crippen LogP contribution is 2.38. The Balaban J connectivity index is 1.20. The Labute approximate surface area is 207 Å². The molecule has 7 nitrogen and oxygen atoms in total. The number of carbonyl (C=O) groups excluding carboxylic acids is 2. The van der Waals surface area contributed by atoms with Gasteiger partial charge in [0.05, 0.1) is 22.9 Å². The second-order valence-corrected chi connectivity index (χ2v) is 10.1. The standard InChI is InChI=1S/C26H35ClN4O3/c1-2-3-4-5-23(32)31-13-6-18(7-14-31)17-30-11-8-19(9-12-30)29-26(33)21-16-22(27)24(28)20-10-15-34-25(20)21/h1,16,18-19H,3-15,17,28H2,(H,29,33). The summed E-state index contributed by atoms with van der Waals surface area (Å²) in [6.45, 7) is 5.22. The fourth-order valence-corrected chi connectivity index (χ4v) is 5.51. The zero-order valence-electron chi connectivity index (χ0n) is 19.8. The van der Waals surface area contributed by atoms with Gasteiger partial charge in [0.25, 0.3) is 5.91 Å². The van der Waals surface area contributed by atoms with Crippen LogP contribution in [0.2, 0.25) is 5.02 Å². The number of anilines is 1. The van der Waals surface area contributed by atoms with Crippen molar-refractivity contribution in [3.8, 4) is 18.1 Å². The first-order chi connectivity index (χ1) is 16.5.